The third-order valence-electron chi connectivity index (χ3n) is 6.37. The second kappa shape index (κ2) is 7.95. The molecule has 4 heterocycles. The molecule has 4 rings (SSSR count). The van der Waals surface area contributed by atoms with Gasteiger partial charge in [0.25, 0.3) is 0 Å². The van der Waals surface area contributed by atoms with E-state index in [0.717, 1.165) is 57.7 Å². The molecule has 2 atom stereocenters. The average Bonchev–Trinajstić information content (AvgIpc) is 2.98. The highest BCUT2D eigenvalue weighted by Crippen LogP contribution is 2.38. The number of piperazine rings is 1. The molecule has 8 nitrogen and oxygen atoms in total. The molecule has 0 saturated carbocycles. The minimum atomic E-state index is -0.451. The molecule has 0 aromatic carbocycles. The molecule has 28 heavy (non-hydrogen) atoms. The van der Waals surface area contributed by atoms with Crippen LogP contribution in [0.5, 0.6) is 0 Å². The molecule has 2 N–H and O–H groups in total. The third-order valence-corrected chi connectivity index (χ3v) is 6.37. The van der Waals surface area contributed by atoms with Crippen molar-refractivity contribution in [2.24, 2.45) is 5.73 Å². The Bertz CT molecular complexity index is 703. The van der Waals surface area contributed by atoms with E-state index in [1.165, 1.54) is 0 Å². The van der Waals surface area contributed by atoms with Crippen LogP contribution in [0.2, 0.25) is 0 Å². The molecule has 3 aliphatic heterocycles. The first-order chi connectivity index (χ1) is 13.6. The van der Waals surface area contributed by atoms with Gasteiger partial charge < -0.3 is 20.3 Å². The number of pyridine rings is 1. The standard InChI is InChI=1S/C20H29N5O3/c1-2-28-20(27)25-15-4-5-16(25)12-17(11-15)23-7-9-24(10-8-23)18-6-3-14(13-22-18)19(21)26/h3,6,13,15-17H,2,4-5,7-12H2,1H3,(H2,21,26). The van der Waals surface area contributed by atoms with Crippen molar-refractivity contribution in [3.8, 4) is 0 Å². The number of carbonyl (C=O) groups is 2. The lowest BCUT2D eigenvalue weighted by Crippen LogP contribution is -2.56. The van der Waals surface area contributed by atoms with Crippen molar-refractivity contribution in [3.63, 3.8) is 0 Å². The number of carbonyl (C=O) groups excluding carboxylic acids is 2. The van der Waals surface area contributed by atoms with Crippen molar-refractivity contribution in [2.75, 3.05) is 37.7 Å². The van der Waals surface area contributed by atoms with Gasteiger partial charge in [0.05, 0.1) is 12.2 Å². The molecule has 1 aromatic rings. The van der Waals surface area contributed by atoms with Crippen LogP contribution in [0, 0.1) is 0 Å². The summed E-state index contributed by atoms with van der Waals surface area (Å²) in [5, 5.41) is 0. The van der Waals surface area contributed by atoms with Gasteiger partial charge in [0, 0.05) is 50.5 Å². The van der Waals surface area contributed by atoms with E-state index in [0.29, 0.717) is 30.3 Å². The van der Waals surface area contributed by atoms with Gasteiger partial charge in [0.1, 0.15) is 5.82 Å². The fraction of sp³-hybridized carbons (Fsp3) is 0.650. The second-order valence-electron chi connectivity index (χ2n) is 7.91. The Morgan fingerprint density at radius 2 is 1.79 bits per heavy atom. The number of nitrogens with zero attached hydrogens (tertiary/aromatic N) is 4. The average molecular weight is 387 g/mol. The quantitative estimate of drug-likeness (QED) is 0.841. The highest BCUT2D eigenvalue weighted by atomic mass is 16.6. The SMILES string of the molecule is CCOC(=O)N1C2CCC1CC(N1CCN(c3ccc(C(N)=O)cn3)CC1)C2. The van der Waals surface area contributed by atoms with Crippen LogP contribution in [0.15, 0.2) is 18.3 Å². The van der Waals surface area contributed by atoms with E-state index in [1.807, 2.05) is 17.9 Å². The van der Waals surface area contributed by atoms with Gasteiger partial charge in [0.2, 0.25) is 5.91 Å². The molecule has 0 radical (unpaired) electrons. The first kappa shape index (κ1) is 19.0. The minimum absolute atomic E-state index is 0.135. The largest absolute Gasteiger partial charge is 0.450 e. The van der Waals surface area contributed by atoms with Crippen molar-refractivity contribution < 1.29 is 14.3 Å². The second-order valence-corrected chi connectivity index (χ2v) is 7.91. The Balaban J connectivity index is 1.32. The maximum absolute atomic E-state index is 12.3. The van der Waals surface area contributed by atoms with Gasteiger partial charge in [-0.15, -0.1) is 0 Å². The molecule has 3 fully saturated rings. The van der Waals surface area contributed by atoms with Gasteiger partial charge in [-0.1, -0.05) is 0 Å². The van der Waals surface area contributed by atoms with Crippen LogP contribution in [-0.2, 0) is 4.74 Å². The summed E-state index contributed by atoms with van der Waals surface area (Å²) in [6, 6.07) is 4.79. The number of hydrogen-bond acceptors (Lipinski definition) is 6. The number of anilines is 1. The van der Waals surface area contributed by atoms with E-state index in [9.17, 15) is 9.59 Å². The molecule has 0 aliphatic carbocycles. The molecule has 0 spiro atoms. The Morgan fingerprint density at radius 3 is 2.32 bits per heavy atom. The lowest BCUT2D eigenvalue weighted by Gasteiger charge is -2.45. The molecule has 3 saturated heterocycles. The van der Waals surface area contributed by atoms with Crippen molar-refractivity contribution in [3.05, 3.63) is 23.9 Å². The molecule has 8 heteroatoms. The van der Waals surface area contributed by atoms with Crippen LogP contribution in [0.3, 0.4) is 0 Å². The van der Waals surface area contributed by atoms with Crippen molar-refractivity contribution in [1.82, 2.24) is 14.8 Å². The number of rotatable bonds is 4. The van der Waals surface area contributed by atoms with Gasteiger partial charge in [-0.25, -0.2) is 9.78 Å². The number of nitrogens with two attached hydrogens (primary N) is 1. The molecule has 1 aromatic heterocycles. The van der Waals surface area contributed by atoms with Crippen LogP contribution >= 0.6 is 0 Å². The highest BCUT2D eigenvalue weighted by Gasteiger charge is 2.45. The lowest BCUT2D eigenvalue weighted by molar-refractivity contribution is 0.0396. The normalized spacial score (nSPS) is 27.7. The summed E-state index contributed by atoms with van der Waals surface area (Å²) in [5.41, 5.74) is 5.72. The summed E-state index contributed by atoms with van der Waals surface area (Å²) in [5.74, 6) is 0.439. The fourth-order valence-corrected chi connectivity index (χ4v) is 4.98. The van der Waals surface area contributed by atoms with E-state index in [2.05, 4.69) is 14.8 Å². The van der Waals surface area contributed by atoms with Gasteiger partial charge in [-0.3, -0.25) is 9.69 Å². The van der Waals surface area contributed by atoms with Crippen LogP contribution in [0.1, 0.15) is 43.0 Å². The Morgan fingerprint density at radius 1 is 1.11 bits per heavy atom. The molecule has 3 aliphatic rings. The molecule has 2 amide bonds. The predicted molar refractivity (Wildman–Crippen MR) is 105 cm³/mol. The van der Waals surface area contributed by atoms with E-state index < -0.39 is 5.91 Å². The summed E-state index contributed by atoms with van der Waals surface area (Å²) >= 11 is 0. The molecular weight excluding hydrogens is 358 g/mol. The number of piperidine rings is 1. The molecule has 152 valence electrons. The Hall–Kier alpha value is -2.35. The van der Waals surface area contributed by atoms with Crippen LogP contribution < -0.4 is 10.6 Å². The topological polar surface area (TPSA) is 92.0 Å². The zero-order valence-corrected chi connectivity index (χ0v) is 16.4. The number of aromatic nitrogens is 1. The van der Waals surface area contributed by atoms with E-state index >= 15 is 0 Å². The number of hydrogen-bond donors (Lipinski definition) is 1. The predicted octanol–water partition coefficient (Wildman–Crippen LogP) is 1.45. The smallest absolute Gasteiger partial charge is 0.410 e. The number of primary amides is 1. The van der Waals surface area contributed by atoms with Crippen LogP contribution in [-0.4, -0.2) is 77.7 Å². The zero-order valence-electron chi connectivity index (χ0n) is 16.4. The molecular formula is C20H29N5O3. The van der Waals surface area contributed by atoms with E-state index in [-0.39, 0.29) is 6.09 Å². The fourth-order valence-electron chi connectivity index (χ4n) is 4.98. The van der Waals surface area contributed by atoms with Gasteiger partial charge in [-0.2, -0.15) is 0 Å². The third kappa shape index (κ3) is 3.65. The maximum atomic E-state index is 12.3. The van der Waals surface area contributed by atoms with Crippen molar-refractivity contribution >= 4 is 17.8 Å². The summed E-state index contributed by atoms with van der Waals surface area (Å²) in [4.78, 5) is 34.7. The van der Waals surface area contributed by atoms with Crippen LogP contribution in [0.25, 0.3) is 0 Å². The van der Waals surface area contributed by atoms with Gasteiger partial charge in [-0.05, 0) is 44.7 Å². The van der Waals surface area contributed by atoms with Crippen molar-refractivity contribution in [1.29, 1.82) is 0 Å². The van der Waals surface area contributed by atoms with Crippen molar-refractivity contribution in [2.45, 2.75) is 50.7 Å². The monoisotopic (exact) mass is 387 g/mol. The number of ether oxygens (including phenoxy) is 1. The summed E-state index contributed by atoms with van der Waals surface area (Å²) in [7, 11) is 0. The summed E-state index contributed by atoms with van der Waals surface area (Å²) in [6.45, 7) is 6.11. The Kier molecular flexibility index (Phi) is 5.39. The summed E-state index contributed by atoms with van der Waals surface area (Å²) < 4.78 is 5.26. The van der Waals surface area contributed by atoms with Crippen LogP contribution in [0.4, 0.5) is 10.6 Å². The van der Waals surface area contributed by atoms with Gasteiger partial charge >= 0.3 is 6.09 Å². The maximum Gasteiger partial charge on any atom is 0.410 e. The zero-order chi connectivity index (χ0) is 19.7. The number of fused-ring (bicyclic) bond motifs is 2. The molecule has 2 bridgehead atoms. The highest BCUT2D eigenvalue weighted by molar-refractivity contribution is 5.92. The Labute approximate surface area is 165 Å². The first-order valence-electron chi connectivity index (χ1n) is 10.3. The summed E-state index contributed by atoms with van der Waals surface area (Å²) in [6.07, 6.45) is 5.68. The van der Waals surface area contributed by atoms with E-state index in [1.54, 1.807) is 12.3 Å². The van der Waals surface area contributed by atoms with Gasteiger partial charge in [0.15, 0.2) is 0 Å². The minimum Gasteiger partial charge on any atom is -0.450 e. The number of amides is 2. The first-order valence-corrected chi connectivity index (χ1v) is 10.3. The van der Waals surface area contributed by atoms with E-state index in [4.69, 9.17) is 10.5 Å². The molecule has 2 unspecified atom stereocenters. The lowest BCUT2D eigenvalue weighted by atomic mass is 9.95.